The molecule has 19 unspecified atom stereocenters. The van der Waals surface area contributed by atoms with Gasteiger partial charge in [-0.3, -0.25) is 4.79 Å². The van der Waals surface area contributed by atoms with Crippen LogP contribution < -0.4 is 5.32 Å². The number of esters is 1. The number of likely N-dealkylation sites (N-methyl/N-ethyl adjacent to an activating group) is 1. The molecule has 6 aliphatic heterocycles. The smallest absolute Gasteiger partial charge is 0.316 e. The first-order chi connectivity index (χ1) is 31.0. The normalized spacial score (nSPS) is 46.9. The van der Waals surface area contributed by atoms with Crippen molar-refractivity contribution in [1.29, 1.82) is 0 Å². The molecule has 65 heavy (non-hydrogen) atoms. The van der Waals surface area contributed by atoms with Gasteiger partial charge < -0.3 is 62.9 Å². The summed E-state index contributed by atoms with van der Waals surface area (Å²) in [6, 6.07) is 0. The minimum Gasteiger partial charge on any atom is -0.462 e. The van der Waals surface area contributed by atoms with E-state index < -0.39 is 72.5 Å². The third kappa shape index (κ3) is 10.7. The van der Waals surface area contributed by atoms with Crippen molar-refractivity contribution in [2.45, 2.75) is 185 Å². The number of hydrogen-bond donors (Lipinski definition) is 3. The summed E-state index contributed by atoms with van der Waals surface area (Å²) in [5.74, 6) is -2.52. The molecule has 3 N–H and O–H groups in total. The maximum atomic E-state index is 14.4. The molecular weight excluding hydrogens is 835 g/mol. The van der Waals surface area contributed by atoms with Crippen LogP contribution in [0.3, 0.4) is 0 Å². The summed E-state index contributed by atoms with van der Waals surface area (Å²) < 4.78 is 64.9. The molecule has 0 aromatic heterocycles. The molecular formula is C51H77NO13. The van der Waals surface area contributed by atoms with Crippen molar-refractivity contribution in [1.82, 2.24) is 5.32 Å². The maximum Gasteiger partial charge on any atom is 0.316 e. The number of ether oxygens (including phenoxy) is 10. The summed E-state index contributed by atoms with van der Waals surface area (Å²) in [6.07, 6.45) is 12.6. The Kier molecular flexibility index (Phi) is 16.5. The third-order valence-electron chi connectivity index (χ3n) is 15.0. The molecule has 1 spiro atoms. The van der Waals surface area contributed by atoms with Crippen molar-refractivity contribution in [3.63, 3.8) is 0 Å². The average molecular weight is 912 g/mol. The van der Waals surface area contributed by atoms with Crippen LogP contribution in [-0.4, -0.2) is 142 Å². The van der Waals surface area contributed by atoms with Crippen LogP contribution in [0.15, 0.2) is 70.9 Å². The van der Waals surface area contributed by atoms with Crippen LogP contribution in [0, 0.1) is 23.7 Å². The molecule has 7 rings (SSSR count). The topological polar surface area (TPSA) is 162 Å². The summed E-state index contributed by atoms with van der Waals surface area (Å²) in [4.78, 5) is 14.4. The molecule has 0 aromatic carbocycles. The van der Waals surface area contributed by atoms with E-state index in [1.54, 1.807) is 33.3 Å². The molecule has 0 radical (unpaired) electrons. The van der Waals surface area contributed by atoms with Gasteiger partial charge in [0.15, 0.2) is 18.4 Å². The fourth-order valence-corrected chi connectivity index (χ4v) is 11.0. The van der Waals surface area contributed by atoms with E-state index >= 15 is 0 Å². The lowest BCUT2D eigenvalue weighted by molar-refractivity contribution is -0.305. The molecule has 0 amide bonds. The highest BCUT2D eigenvalue weighted by Gasteiger charge is 2.60. The van der Waals surface area contributed by atoms with Gasteiger partial charge in [-0.1, -0.05) is 76.6 Å². The monoisotopic (exact) mass is 912 g/mol. The lowest BCUT2D eigenvalue weighted by atomic mass is 9.71. The molecule has 1 aliphatic carbocycles. The van der Waals surface area contributed by atoms with Crippen molar-refractivity contribution in [2.24, 2.45) is 23.7 Å². The zero-order valence-electron chi connectivity index (χ0n) is 40.5. The highest BCUT2D eigenvalue weighted by Crippen LogP contribution is 2.47. The van der Waals surface area contributed by atoms with Gasteiger partial charge in [0.25, 0.3) is 0 Å². The highest BCUT2D eigenvalue weighted by atomic mass is 16.7. The summed E-state index contributed by atoms with van der Waals surface area (Å²) in [5, 5.41) is 27.0. The van der Waals surface area contributed by atoms with Gasteiger partial charge in [-0.25, -0.2) is 0 Å². The quantitative estimate of drug-likeness (QED) is 0.169. The second kappa shape index (κ2) is 21.4. The summed E-state index contributed by atoms with van der Waals surface area (Å²) in [7, 11) is 5.31. The van der Waals surface area contributed by atoms with E-state index in [-0.39, 0.29) is 54.9 Å². The van der Waals surface area contributed by atoms with E-state index in [0.29, 0.717) is 43.3 Å². The predicted octanol–water partition coefficient (Wildman–Crippen LogP) is 6.16. The van der Waals surface area contributed by atoms with E-state index in [9.17, 15) is 15.0 Å². The van der Waals surface area contributed by atoms with Crippen molar-refractivity contribution < 1.29 is 62.4 Å². The number of aliphatic hydroxyl groups excluding tert-OH is 1. The summed E-state index contributed by atoms with van der Waals surface area (Å²) in [5.41, 5.74) is 1.26. The van der Waals surface area contributed by atoms with Crippen molar-refractivity contribution in [2.75, 3.05) is 34.4 Å². The zero-order chi connectivity index (χ0) is 46.8. The number of fused-ring (bicyclic) bond motifs is 2. The molecule has 4 fully saturated rings. The van der Waals surface area contributed by atoms with Crippen LogP contribution in [-0.2, 0) is 52.2 Å². The van der Waals surface area contributed by atoms with Crippen LogP contribution in [0.1, 0.15) is 93.9 Å². The molecule has 0 aromatic rings. The van der Waals surface area contributed by atoms with Crippen molar-refractivity contribution in [3.05, 3.63) is 70.9 Å². The first kappa shape index (κ1) is 50.3. The van der Waals surface area contributed by atoms with Crippen molar-refractivity contribution >= 4 is 5.97 Å². The Morgan fingerprint density at radius 3 is 2.46 bits per heavy atom. The summed E-state index contributed by atoms with van der Waals surface area (Å²) >= 11 is 0. The second-order valence-corrected chi connectivity index (χ2v) is 19.6. The van der Waals surface area contributed by atoms with Gasteiger partial charge in [0, 0.05) is 58.3 Å². The molecule has 6 heterocycles. The standard InChI is InChI=1S/C51H77NO13/c1-12-28(2)46-31(5)18-20-50(65-46)26-37-23-36(64-50)17-16-30(4)45(29(3)14-13-15-35-27-58-48-44(53)32(6)22-39(49(54)61-37)51(35,48)55)62-43-25-41(57-11)47(34(8)60-43)63-42-24-40(56-10)38(19-21-52-9)33(7)59-42/h13-16,18-20,22,28-29,31,33-34,36-37,39-48,52-53,55H,12,17,21,23-27H2,1-11H3/b14-13+,30-16+,35-15+,38-19+. The van der Waals surface area contributed by atoms with E-state index in [1.807, 2.05) is 39.1 Å². The van der Waals surface area contributed by atoms with Gasteiger partial charge in [-0.2, -0.15) is 0 Å². The number of allylic oxidation sites excluding steroid dienone is 2. The molecule has 0 saturated carbocycles. The lowest BCUT2D eigenvalue weighted by Crippen LogP contribution is -2.58. The van der Waals surface area contributed by atoms with Gasteiger partial charge in [-0.15, -0.1) is 0 Å². The molecule has 14 nitrogen and oxygen atoms in total. The minimum absolute atomic E-state index is 0.0392. The SMILES string of the molecule is CCC(C)C1OC2(C=CC1C)CC1CC(C/C=C(\C)C(OC3CC(OC)C(OC4CC(OC)/C(=C/CNC)C(C)O4)C(C)O3)C(C)/C=C/C=C3\COC4C(O)C(C)=CC(C(=O)O1)C34O)O2. The van der Waals surface area contributed by atoms with E-state index in [4.69, 9.17) is 47.4 Å². The molecule has 7 aliphatic rings. The molecule has 19 atom stereocenters. The second-order valence-electron chi connectivity index (χ2n) is 19.6. The lowest BCUT2D eigenvalue weighted by Gasteiger charge is -2.48. The van der Waals surface area contributed by atoms with Gasteiger partial charge in [0.1, 0.15) is 35.9 Å². The maximum absolute atomic E-state index is 14.4. The fourth-order valence-electron chi connectivity index (χ4n) is 11.0. The number of carbonyl (C=O) groups excluding carboxylic acids is 1. The van der Waals surface area contributed by atoms with E-state index in [0.717, 1.165) is 24.1 Å². The summed E-state index contributed by atoms with van der Waals surface area (Å²) in [6.45, 7) is 17.1. The predicted molar refractivity (Wildman–Crippen MR) is 243 cm³/mol. The Bertz CT molecular complexity index is 1840. The average Bonchev–Trinajstić information content (AvgIpc) is 3.62. The Morgan fingerprint density at radius 2 is 1.74 bits per heavy atom. The van der Waals surface area contributed by atoms with Crippen LogP contribution in [0.4, 0.5) is 0 Å². The van der Waals surface area contributed by atoms with Crippen LogP contribution in [0.25, 0.3) is 0 Å². The molecule has 4 saturated heterocycles. The van der Waals surface area contributed by atoms with Crippen LogP contribution in [0.2, 0.25) is 0 Å². The van der Waals surface area contributed by atoms with Gasteiger partial charge in [0.2, 0.25) is 0 Å². The number of rotatable bonds is 10. The highest BCUT2D eigenvalue weighted by molar-refractivity contribution is 5.78. The van der Waals surface area contributed by atoms with E-state index in [1.165, 1.54) is 0 Å². The number of hydrogen-bond acceptors (Lipinski definition) is 14. The number of nitrogens with one attached hydrogen (secondary N) is 1. The van der Waals surface area contributed by atoms with Crippen LogP contribution in [0.5, 0.6) is 0 Å². The zero-order valence-corrected chi connectivity index (χ0v) is 40.5. The fraction of sp³-hybridized carbons (Fsp3) is 0.745. The number of carbonyl (C=O) groups is 1. The molecule has 364 valence electrons. The number of aliphatic hydroxyl groups is 2. The minimum atomic E-state index is -1.83. The van der Waals surface area contributed by atoms with Crippen LogP contribution >= 0.6 is 0 Å². The largest absolute Gasteiger partial charge is 0.462 e. The van der Waals surface area contributed by atoms with Gasteiger partial charge in [-0.05, 0) is 75.4 Å². The molecule has 14 heteroatoms. The van der Waals surface area contributed by atoms with Gasteiger partial charge >= 0.3 is 5.97 Å². The van der Waals surface area contributed by atoms with Crippen molar-refractivity contribution in [3.8, 4) is 0 Å². The number of methoxy groups -OCH3 is 2. The Hall–Kier alpha value is -2.57. The first-order valence-electron chi connectivity index (χ1n) is 24.1. The Morgan fingerprint density at radius 1 is 0.969 bits per heavy atom. The first-order valence-corrected chi connectivity index (χ1v) is 24.1. The van der Waals surface area contributed by atoms with E-state index in [2.05, 4.69) is 58.2 Å². The Labute approximate surface area is 386 Å². The van der Waals surface area contributed by atoms with Gasteiger partial charge in [0.05, 0.1) is 49.3 Å². The third-order valence-corrected chi connectivity index (χ3v) is 15.0. The Balaban J connectivity index is 1.16. The molecule has 2 bridgehead atoms.